The third kappa shape index (κ3) is 1.32. The largest absolute Gasteiger partial charge is 0.290 e. The SMILES string of the molecule is CCn1nnnc1SC=O. The van der Waals surface area contributed by atoms with Gasteiger partial charge < -0.3 is 0 Å². The first-order valence-electron chi connectivity index (χ1n) is 2.75. The van der Waals surface area contributed by atoms with E-state index < -0.39 is 0 Å². The number of carbonyl (C=O) groups excluding carboxylic acids is 1. The molecule has 0 aromatic carbocycles. The van der Waals surface area contributed by atoms with Crippen LogP contribution in [0.3, 0.4) is 0 Å². The number of aryl methyl sites for hydroxylation is 1. The lowest BCUT2D eigenvalue weighted by Crippen LogP contribution is -1.98. The third-order valence-corrected chi connectivity index (χ3v) is 1.55. The maximum absolute atomic E-state index is 9.99. The molecule has 6 heteroatoms. The Bertz CT molecular complexity index is 223. The van der Waals surface area contributed by atoms with Crippen LogP contribution in [-0.4, -0.2) is 25.8 Å². The van der Waals surface area contributed by atoms with E-state index in [-0.39, 0.29) is 0 Å². The van der Waals surface area contributed by atoms with Crippen molar-refractivity contribution in [1.82, 2.24) is 20.2 Å². The molecule has 54 valence electrons. The summed E-state index contributed by atoms with van der Waals surface area (Å²) >= 11 is 0.979. The Labute approximate surface area is 61.8 Å². The Morgan fingerprint density at radius 2 is 2.60 bits per heavy atom. The lowest BCUT2D eigenvalue weighted by atomic mass is 10.8. The van der Waals surface area contributed by atoms with E-state index in [9.17, 15) is 4.79 Å². The molecule has 0 aliphatic carbocycles. The highest BCUT2D eigenvalue weighted by Crippen LogP contribution is 2.07. The molecule has 1 aromatic heterocycles. The van der Waals surface area contributed by atoms with E-state index in [0.717, 1.165) is 11.8 Å². The van der Waals surface area contributed by atoms with Gasteiger partial charge >= 0.3 is 0 Å². The summed E-state index contributed by atoms with van der Waals surface area (Å²) in [5.41, 5.74) is 0.706. The molecule has 0 fully saturated rings. The maximum atomic E-state index is 9.99. The quantitative estimate of drug-likeness (QED) is 0.457. The van der Waals surface area contributed by atoms with Crippen molar-refractivity contribution in [3.63, 3.8) is 0 Å². The molecule has 0 radical (unpaired) electrons. The predicted molar refractivity (Wildman–Crippen MR) is 36.1 cm³/mol. The summed E-state index contributed by atoms with van der Waals surface area (Å²) in [5, 5.41) is 11.2. The molecule has 0 atom stereocenters. The number of aromatic nitrogens is 4. The Hall–Kier alpha value is -0.910. The van der Waals surface area contributed by atoms with Gasteiger partial charge in [0.05, 0.1) is 0 Å². The zero-order chi connectivity index (χ0) is 7.40. The van der Waals surface area contributed by atoms with Gasteiger partial charge in [0.2, 0.25) is 5.16 Å². The van der Waals surface area contributed by atoms with E-state index in [1.165, 1.54) is 0 Å². The van der Waals surface area contributed by atoms with Gasteiger partial charge in [-0.25, -0.2) is 4.68 Å². The molecule has 1 rings (SSSR count). The summed E-state index contributed by atoms with van der Waals surface area (Å²) in [6.07, 6.45) is 0. The van der Waals surface area contributed by atoms with Gasteiger partial charge in [0.25, 0.3) is 0 Å². The normalized spacial score (nSPS) is 9.70. The summed E-state index contributed by atoms with van der Waals surface area (Å²) in [6.45, 7) is 2.59. The van der Waals surface area contributed by atoms with E-state index in [0.29, 0.717) is 17.3 Å². The second-order valence-electron chi connectivity index (χ2n) is 1.49. The lowest BCUT2D eigenvalue weighted by Gasteiger charge is -1.92. The zero-order valence-electron chi connectivity index (χ0n) is 5.39. The summed E-state index contributed by atoms with van der Waals surface area (Å²) in [7, 11) is 0. The van der Waals surface area contributed by atoms with Crippen LogP contribution in [0.1, 0.15) is 6.92 Å². The molecule has 0 spiro atoms. The van der Waals surface area contributed by atoms with Gasteiger partial charge in [-0.2, -0.15) is 0 Å². The molecule has 0 saturated carbocycles. The zero-order valence-corrected chi connectivity index (χ0v) is 6.21. The van der Waals surface area contributed by atoms with Crippen LogP contribution < -0.4 is 0 Å². The van der Waals surface area contributed by atoms with Crippen LogP contribution in [0.25, 0.3) is 0 Å². The van der Waals surface area contributed by atoms with Gasteiger partial charge in [-0.05, 0) is 29.1 Å². The Balaban J connectivity index is 2.79. The molecular weight excluding hydrogens is 152 g/mol. The van der Waals surface area contributed by atoms with Crippen LogP contribution in [0.2, 0.25) is 0 Å². The molecule has 0 unspecified atom stereocenters. The molecule has 0 N–H and O–H groups in total. The molecule has 1 heterocycles. The second kappa shape index (κ2) is 3.31. The van der Waals surface area contributed by atoms with Gasteiger partial charge in [0, 0.05) is 6.54 Å². The van der Waals surface area contributed by atoms with Crippen molar-refractivity contribution in [1.29, 1.82) is 0 Å². The number of rotatable bonds is 3. The molecule has 0 aliphatic heterocycles. The third-order valence-electron chi connectivity index (χ3n) is 0.952. The van der Waals surface area contributed by atoms with Crippen LogP contribution in [0.5, 0.6) is 0 Å². The summed E-state index contributed by atoms with van der Waals surface area (Å²) in [5.74, 6) is 0. The first kappa shape index (κ1) is 7.20. The number of hydrogen-bond acceptors (Lipinski definition) is 5. The molecule has 1 aromatic rings. The molecular formula is C4H6N4OS. The lowest BCUT2D eigenvalue weighted by molar-refractivity contribution is 0.567. The van der Waals surface area contributed by atoms with Crippen LogP contribution in [-0.2, 0) is 11.3 Å². The number of nitrogens with zero attached hydrogens (tertiary/aromatic N) is 4. The summed E-state index contributed by atoms with van der Waals surface area (Å²) < 4.78 is 1.55. The highest BCUT2D eigenvalue weighted by Gasteiger charge is 2.01. The minimum atomic E-state index is 0.539. The molecule has 5 nitrogen and oxygen atoms in total. The Kier molecular flexibility index (Phi) is 2.38. The molecule has 0 aliphatic rings. The van der Waals surface area contributed by atoms with Gasteiger partial charge in [0.1, 0.15) is 0 Å². The van der Waals surface area contributed by atoms with Crippen LogP contribution in [0, 0.1) is 0 Å². The number of hydrogen-bond donors (Lipinski definition) is 0. The van der Waals surface area contributed by atoms with E-state index in [4.69, 9.17) is 0 Å². The van der Waals surface area contributed by atoms with Crippen LogP contribution in [0.15, 0.2) is 5.16 Å². The molecule has 0 bridgehead atoms. The van der Waals surface area contributed by atoms with E-state index in [2.05, 4.69) is 15.5 Å². The van der Waals surface area contributed by atoms with Crippen molar-refractivity contribution >= 4 is 17.4 Å². The summed E-state index contributed by atoms with van der Waals surface area (Å²) in [6, 6.07) is 0. The Morgan fingerprint density at radius 3 is 3.20 bits per heavy atom. The average Bonchev–Trinajstić information content (AvgIpc) is 2.36. The fourth-order valence-corrected chi connectivity index (χ4v) is 0.979. The number of carbonyl (C=O) groups is 1. The van der Waals surface area contributed by atoms with Crippen molar-refractivity contribution in [3.8, 4) is 0 Å². The van der Waals surface area contributed by atoms with Gasteiger partial charge in [-0.3, -0.25) is 4.79 Å². The van der Waals surface area contributed by atoms with E-state index in [1.54, 1.807) is 4.68 Å². The highest BCUT2D eigenvalue weighted by molar-refractivity contribution is 8.11. The average molecular weight is 158 g/mol. The fraction of sp³-hybridized carbons (Fsp3) is 0.500. The van der Waals surface area contributed by atoms with Crippen molar-refractivity contribution in [3.05, 3.63) is 0 Å². The predicted octanol–water partition coefficient (Wildman–Crippen LogP) is -0.0247. The van der Waals surface area contributed by atoms with Crippen molar-refractivity contribution in [2.45, 2.75) is 18.6 Å². The topological polar surface area (TPSA) is 60.7 Å². The van der Waals surface area contributed by atoms with Crippen LogP contribution in [0.4, 0.5) is 0 Å². The van der Waals surface area contributed by atoms with Crippen LogP contribution >= 0.6 is 11.8 Å². The molecule has 0 saturated heterocycles. The van der Waals surface area contributed by atoms with Crippen molar-refractivity contribution in [2.24, 2.45) is 0 Å². The molecule has 0 amide bonds. The number of thioether (sulfide) groups is 1. The number of tetrazole rings is 1. The van der Waals surface area contributed by atoms with Gasteiger partial charge in [-0.15, -0.1) is 5.10 Å². The van der Waals surface area contributed by atoms with Gasteiger partial charge in [0.15, 0.2) is 5.62 Å². The summed E-state index contributed by atoms with van der Waals surface area (Å²) in [4.78, 5) is 9.99. The monoisotopic (exact) mass is 158 g/mol. The smallest absolute Gasteiger partial charge is 0.216 e. The van der Waals surface area contributed by atoms with Gasteiger partial charge in [-0.1, -0.05) is 0 Å². The standard InChI is InChI=1S/C4H6N4OS/c1-2-8-4(10-3-9)5-6-7-8/h3H,2H2,1H3. The Morgan fingerprint density at radius 1 is 1.80 bits per heavy atom. The van der Waals surface area contributed by atoms with Crippen molar-refractivity contribution in [2.75, 3.05) is 0 Å². The first-order chi connectivity index (χ1) is 4.88. The minimum Gasteiger partial charge on any atom is -0.290 e. The van der Waals surface area contributed by atoms with E-state index in [1.807, 2.05) is 6.92 Å². The fourth-order valence-electron chi connectivity index (χ4n) is 0.522. The first-order valence-corrected chi connectivity index (χ1v) is 3.63. The minimum absolute atomic E-state index is 0.539. The van der Waals surface area contributed by atoms with Crippen molar-refractivity contribution < 1.29 is 4.79 Å². The maximum Gasteiger partial charge on any atom is 0.216 e. The van der Waals surface area contributed by atoms with E-state index >= 15 is 0 Å². The highest BCUT2D eigenvalue weighted by atomic mass is 32.2. The molecule has 10 heavy (non-hydrogen) atoms. The second-order valence-corrected chi connectivity index (χ2v) is 2.28.